The van der Waals surface area contributed by atoms with E-state index in [-0.39, 0.29) is 17.6 Å². The van der Waals surface area contributed by atoms with E-state index in [9.17, 15) is 4.79 Å². The zero-order valence-corrected chi connectivity index (χ0v) is 5.14. The highest BCUT2D eigenvalue weighted by Gasteiger charge is 1.79. The number of carbonyl (C=O) groups excluding carboxylic acids is 1. The average molecular weight is 137 g/mol. The Balaban J connectivity index is 3.52. The van der Waals surface area contributed by atoms with Gasteiger partial charge in [0.2, 0.25) is 0 Å². The van der Waals surface area contributed by atoms with Crippen molar-refractivity contribution in [1.29, 1.82) is 0 Å². The summed E-state index contributed by atoms with van der Waals surface area (Å²) in [7, 11) is 0. The summed E-state index contributed by atoms with van der Waals surface area (Å²) in [5.41, 5.74) is 0.0214. The van der Waals surface area contributed by atoms with Gasteiger partial charge in [0.1, 0.15) is 6.29 Å². The van der Waals surface area contributed by atoms with Crippen LogP contribution in [0.2, 0.25) is 0 Å². The van der Waals surface area contributed by atoms with E-state index in [0.29, 0.717) is 6.29 Å². The van der Waals surface area contributed by atoms with Crippen LogP contribution in [0, 0.1) is 0 Å². The lowest BCUT2D eigenvalue weighted by Gasteiger charge is -1.86. The maximum Gasteiger partial charge on any atom is 0.142 e. The second-order valence-electron chi connectivity index (χ2n) is 1.53. The van der Waals surface area contributed by atoms with Crippen molar-refractivity contribution in [1.82, 2.24) is 0 Å². The Hall–Kier alpha value is -1.37. The maximum atomic E-state index is 10.1. The summed E-state index contributed by atoms with van der Waals surface area (Å²) >= 11 is 0. The van der Waals surface area contributed by atoms with Gasteiger partial charge in [-0.3, -0.25) is 4.79 Å². The molecule has 0 fully saturated rings. The minimum atomic E-state index is -0.437. The highest BCUT2D eigenvalue weighted by Crippen LogP contribution is 1.99. The molecule has 0 aliphatic heterocycles. The average Bonchev–Trinajstić information content (AvgIpc) is 2.24. The third-order valence-corrected chi connectivity index (χ3v) is 0.861. The Bertz CT molecular complexity index is 410. The Morgan fingerprint density at radius 1 is 1.30 bits per heavy atom. The molecule has 0 amide bonds. The lowest BCUT2D eigenvalue weighted by atomic mass is 10.2. The van der Waals surface area contributed by atoms with E-state index >= 15 is 0 Å². The molecule has 0 saturated heterocycles. The van der Waals surface area contributed by atoms with E-state index in [1.165, 1.54) is 6.08 Å². The first-order chi connectivity index (χ1) is 7.00. The Kier molecular flexibility index (Phi) is 0.978. The van der Waals surface area contributed by atoms with Gasteiger partial charge in [0.25, 0.3) is 0 Å². The molecule has 0 N–H and O–H groups in total. The van der Waals surface area contributed by atoms with E-state index in [2.05, 4.69) is 0 Å². The summed E-state index contributed by atoms with van der Waals surface area (Å²) in [5.74, 6) is 0. The van der Waals surface area contributed by atoms with Crippen LogP contribution in [0.1, 0.15) is 12.4 Å². The number of rotatable bonds is 2. The molecule has 0 heterocycles. The third-order valence-electron chi connectivity index (χ3n) is 0.861. The van der Waals surface area contributed by atoms with E-state index in [1.54, 1.807) is 0 Å². The minimum Gasteiger partial charge on any atom is -0.299 e. The van der Waals surface area contributed by atoms with Gasteiger partial charge >= 0.3 is 0 Å². The minimum absolute atomic E-state index is 0.0214. The summed E-state index contributed by atoms with van der Waals surface area (Å²) in [4.78, 5) is 10.1. The van der Waals surface area contributed by atoms with Crippen LogP contribution in [0.25, 0.3) is 6.08 Å². The fourth-order valence-electron chi connectivity index (χ4n) is 0.479. The summed E-state index contributed by atoms with van der Waals surface area (Å²) in [6, 6.07) is -1.85. The van der Waals surface area contributed by atoms with Crippen LogP contribution in [0.5, 0.6) is 0 Å². The highest BCUT2D eigenvalue weighted by molar-refractivity contribution is 5.73. The zero-order valence-electron chi connectivity index (χ0n) is 10.1. The van der Waals surface area contributed by atoms with Crippen molar-refractivity contribution in [2.75, 3.05) is 0 Å². The predicted molar refractivity (Wildman–Crippen MR) is 41.5 cm³/mol. The van der Waals surface area contributed by atoms with Gasteiger partial charge in [-0.2, -0.15) is 0 Å². The zero-order chi connectivity index (χ0) is 11.6. The molecule has 0 bridgehead atoms. The van der Waals surface area contributed by atoms with E-state index in [4.69, 9.17) is 6.85 Å². The van der Waals surface area contributed by atoms with Crippen LogP contribution in [0.15, 0.2) is 36.3 Å². The van der Waals surface area contributed by atoms with Crippen LogP contribution in [0.4, 0.5) is 0 Å². The summed E-state index contributed by atoms with van der Waals surface area (Å²) in [6.07, 6.45) is 2.78. The standard InChI is InChI=1S/C9H8O/c10-8-4-7-9-5-2-1-3-6-9/h1-8H/i1D,2D,3D,5D,6D. The summed E-state index contributed by atoms with van der Waals surface area (Å²) in [5, 5.41) is 0. The van der Waals surface area contributed by atoms with Gasteiger partial charge in [-0.05, 0) is 11.6 Å². The molecule has 1 rings (SSSR count). The molecule has 0 aliphatic rings. The van der Waals surface area contributed by atoms with Gasteiger partial charge in [-0.25, -0.2) is 0 Å². The molecule has 0 aliphatic carbocycles. The van der Waals surface area contributed by atoms with Crippen LogP contribution < -0.4 is 0 Å². The SMILES string of the molecule is [2H]c1c([2H])c([2H])c(C=CC=O)c([2H])c1[2H]. The number of hydrogen-bond acceptors (Lipinski definition) is 1. The van der Waals surface area contributed by atoms with Crippen molar-refractivity contribution in [3.05, 3.63) is 41.9 Å². The monoisotopic (exact) mass is 137 g/mol. The molecule has 50 valence electrons. The van der Waals surface area contributed by atoms with Crippen molar-refractivity contribution in [3.63, 3.8) is 0 Å². The maximum absolute atomic E-state index is 10.1. The van der Waals surface area contributed by atoms with Gasteiger partial charge in [0.05, 0.1) is 6.85 Å². The molecule has 0 unspecified atom stereocenters. The fourth-order valence-corrected chi connectivity index (χ4v) is 0.479. The lowest BCUT2D eigenvalue weighted by Crippen LogP contribution is -1.67. The van der Waals surface area contributed by atoms with Crippen molar-refractivity contribution in [2.24, 2.45) is 0 Å². The molecule has 1 aromatic carbocycles. The molecule has 0 atom stereocenters. The Labute approximate surface area is 67.0 Å². The molecule has 1 heteroatoms. The number of benzene rings is 1. The first-order valence-corrected chi connectivity index (χ1v) is 2.69. The molecule has 0 aromatic heterocycles. The molecule has 0 spiro atoms. The van der Waals surface area contributed by atoms with Crippen LogP contribution >= 0.6 is 0 Å². The number of hydrogen-bond donors (Lipinski definition) is 0. The number of allylic oxidation sites excluding steroid dienone is 1. The van der Waals surface area contributed by atoms with Crippen molar-refractivity contribution in [3.8, 4) is 0 Å². The van der Waals surface area contributed by atoms with Crippen molar-refractivity contribution < 1.29 is 11.6 Å². The molecular formula is C9H8O. The second-order valence-corrected chi connectivity index (χ2v) is 1.53. The lowest BCUT2D eigenvalue weighted by molar-refractivity contribution is -0.104. The van der Waals surface area contributed by atoms with Crippen LogP contribution in [-0.2, 0) is 4.79 Å². The molecule has 1 nitrogen and oxygen atoms in total. The predicted octanol–water partition coefficient (Wildman–Crippen LogP) is 1.90. The fraction of sp³-hybridized carbons (Fsp3) is 0. The largest absolute Gasteiger partial charge is 0.299 e. The van der Waals surface area contributed by atoms with Gasteiger partial charge in [0.15, 0.2) is 0 Å². The quantitative estimate of drug-likeness (QED) is 0.449. The van der Waals surface area contributed by atoms with Crippen LogP contribution in [0.3, 0.4) is 0 Å². The van der Waals surface area contributed by atoms with E-state index in [1.807, 2.05) is 0 Å². The van der Waals surface area contributed by atoms with Crippen LogP contribution in [-0.4, -0.2) is 6.29 Å². The Morgan fingerprint density at radius 2 is 2.00 bits per heavy atom. The Morgan fingerprint density at radius 3 is 2.60 bits per heavy atom. The van der Waals surface area contributed by atoms with Gasteiger partial charge < -0.3 is 0 Å². The second kappa shape index (κ2) is 3.62. The van der Waals surface area contributed by atoms with Gasteiger partial charge in [-0.15, -0.1) is 0 Å². The molecule has 10 heavy (non-hydrogen) atoms. The van der Waals surface area contributed by atoms with Gasteiger partial charge in [-0.1, -0.05) is 36.3 Å². The molecular weight excluding hydrogens is 124 g/mol. The topological polar surface area (TPSA) is 17.1 Å². The van der Waals surface area contributed by atoms with Crippen molar-refractivity contribution in [2.45, 2.75) is 0 Å². The third kappa shape index (κ3) is 1.86. The highest BCUT2D eigenvalue weighted by atomic mass is 16.1. The summed E-state index contributed by atoms with van der Waals surface area (Å²) in [6.45, 7) is 0. The van der Waals surface area contributed by atoms with Gasteiger partial charge in [0, 0.05) is 0 Å². The van der Waals surface area contributed by atoms with E-state index in [0.717, 1.165) is 6.08 Å². The smallest absolute Gasteiger partial charge is 0.142 e. The first kappa shape index (κ1) is 2.70. The molecule has 0 saturated carbocycles. The number of carbonyl (C=O) groups is 1. The van der Waals surface area contributed by atoms with Crippen molar-refractivity contribution >= 4 is 12.4 Å². The normalized spacial score (nSPS) is 17.0. The molecule has 0 radical (unpaired) electrons. The summed E-state index contributed by atoms with van der Waals surface area (Å²) < 4.78 is 37.0. The molecule has 1 aromatic rings. The number of aldehydes is 1. The van der Waals surface area contributed by atoms with E-state index < -0.39 is 18.1 Å². The first-order valence-electron chi connectivity index (χ1n) is 5.19.